The highest BCUT2D eigenvalue weighted by Gasteiger charge is 2.13. The van der Waals surface area contributed by atoms with Crippen LogP contribution in [0, 0.1) is 0 Å². The van der Waals surface area contributed by atoms with Crippen LogP contribution in [0.4, 0.5) is 5.69 Å². The first-order chi connectivity index (χ1) is 17.9. The third-order valence-electron chi connectivity index (χ3n) is 4.83. The maximum Gasteiger partial charge on any atom is 0.249 e. The Balaban J connectivity index is 1.57. The number of benzene rings is 3. The van der Waals surface area contributed by atoms with E-state index >= 15 is 0 Å². The van der Waals surface area contributed by atoms with E-state index in [0.29, 0.717) is 51.2 Å². The van der Waals surface area contributed by atoms with E-state index in [4.69, 9.17) is 25.8 Å². The van der Waals surface area contributed by atoms with Crippen LogP contribution >= 0.6 is 27.5 Å². The minimum Gasteiger partial charge on any atom is -0.494 e. The van der Waals surface area contributed by atoms with Crippen molar-refractivity contribution in [3.63, 3.8) is 0 Å². The molecule has 2 amide bonds. The minimum atomic E-state index is -0.552. The van der Waals surface area contributed by atoms with Gasteiger partial charge in [0.15, 0.2) is 11.5 Å². The molecule has 0 bridgehead atoms. The third-order valence-corrected chi connectivity index (χ3v) is 5.79. The Morgan fingerprint density at radius 3 is 2.41 bits per heavy atom. The summed E-state index contributed by atoms with van der Waals surface area (Å²) in [5.41, 5.74) is 4.42. The number of nitrogens with zero attached hydrogens (tertiary/aromatic N) is 1. The molecule has 0 unspecified atom stereocenters. The molecule has 10 heteroatoms. The van der Waals surface area contributed by atoms with Gasteiger partial charge in [-0.2, -0.15) is 5.10 Å². The topological polar surface area (TPSA) is 98.2 Å². The number of ether oxygens (including phenoxy) is 3. The van der Waals surface area contributed by atoms with Crippen molar-refractivity contribution in [1.82, 2.24) is 5.43 Å². The van der Waals surface area contributed by atoms with Gasteiger partial charge < -0.3 is 19.5 Å². The number of hydrogen-bond acceptors (Lipinski definition) is 6. The van der Waals surface area contributed by atoms with Gasteiger partial charge >= 0.3 is 0 Å². The van der Waals surface area contributed by atoms with Crippen molar-refractivity contribution < 1.29 is 23.8 Å². The van der Waals surface area contributed by atoms with Crippen LogP contribution in [0.25, 0.3) is 0 Å². The van der Waals surface area contributed by atoms with Crippen molar-refractivity contribution in [2.24, 2.45) is 5.10 Å². The highest BCUT2D eigenvalue weighted by Crippen LogP contribution is 2.37. The van der Waals surface area contributed by atoms with Gasteiger partial charge in [0.25, 0.3) is 0 Å². The molecule has 0 saturated heterocycles. The summed E-state index contributed by atoms with van der Waals surface area (Å²) in [5.74, 6) is 0.717. The second-order valence-corrected chi connectivity index (χ2v) is 8.88. The van der Waals surface area contributed by atoms with Gasteiger partial charge in [0, 0.05) is 16.3 Å². The molecule has 0 aromatic heterocycles. The number of hydrogen-bond donors (Lipinski definition) is 2. The number of anilines is 1. The fourth-order valence-corrected chi connectivity index (χ4v) is 3.97. The SMILES string of the molecule is CCOc1ccc(NC(=O)CC(=O)NN=Cc2cc(Br)c(OCc3ccccc3Cl)c(OCC)c2)cc1. The second kappa shape index (κ2) is 14.2. The summed E-state index contributed by atoms with van der Waals surface area (Å²) in [6.07, 6.45) is 1.07. The van der Waals surface area contributed by atoms with Crippen LogP contribution in [0.15, 0.2) is 70.2 Å². The Hall–Kier alpha value is -3.56. The van der Waals surface area contributed by atoms with Crippen molar-refractivity contribution in [1.29, 1.82) is 0 Å². The first-order valence-corrected chi connectivity index (χ1v) is 12.7. The van der Waals surface area contributed by atoms with Gasteiger partial charge in [0.1, 0.15) is 18.8 Å². The predicted molar refractivity (Wildman–Crippen MR) is 148 cm³/mol. The van der Waals surface area contributed by atoms with Crippen molar-refractivity contribution in [2.75, 3.05) is 18.5 Å². The zero-order valence-corrected chi connectivity index (χ0v) is 22.8. The lowest BCUT2D eigenvalue weighted by Crippen LogP contribution is -2.24. The molecule has 194 valence electrons. The molecule has 0 aliphatic rings. The molecule has 0 heterocycles. The zero-order valence-electron chi connectivity index (χ0n) is 20.4. The van der Waals surface area contributed by atoms with Gasteiger partial charge in [-0.05, 0) is 77.8 Å². The fraction of sp³-hybridized carbons (Fsp3) is 0.222. The Morgan fingerprint density at radius 2 is 1.70 bits per heavy atom. The molecule has 0 atom stereocenters. The lowest BCUT2D eigenvalue weighted by Gasteiger charge is -2.15. The summed E-state index contributed by atoms with van der Waals surface area (Å²) in [6.45, 7) is 5.00. The van der Waals surface area contributed by atoms with Crippen molar-refractivity contribution in [3.05, 3.63) is 81.3 Å². The third kappa shape index (κ3) is 8.80. The summed E-state index contributed by atoms with van der Waals surface area (Å²) in [6, 6.07) is 17.8. The molecular formula is C27H27BrClN3O5. The van der Waals surface area contributed by atoms with Crippen LogP contribution in [-0.4, -0.2) is 31.2 Å². The Kier molecular flexibility index (Phi) is 10.8. The summed E-state index contributed by atoms with van der Waals surface area (Å²) >= 11 is 9.73. The second-order valence-electron chi connectivity index (χ2n) is 7.62. The average molecular weight is 589 g/mol. The monoisotopic (exact) mass is 587 g/mol. The van der Waals surface area contributed by atoms with Gasteiger partial charge in [0.05, 0.1) is 23.9 Å². The van der Waals surface area contributed by atoms with E-state index in [0.717, 1.165) is 5.56 Å². The van der Waals surface area contributed by atoms with E-state index < -0.39 is 11.8 Å². The predicted octanol–water partition coefficient (Wildman–Crippen LogP) is 5.96. The van der Waals surface area contributed by atoms with Crippen LogP contribution in [0.1, 0.15) is 31.4 Å². The molecule has 3 rings (SSSR count). The smallest absolute Gasteiger partial charge is 0.249 e. The van der Waals surface area contributed by atoms with Crippen LogP contribution in [-0.2, 0) is 16.2 Å². The molecule has 0 fully saturated rings. The minimum absolute atomic E-state index is 0.264. The fourth-order valence-electron chi connectivity index (χ4n) is 3.20. The molecule has 0 aliphatic heterocycles. The number of carbonyl (C=O) groups excluding carboxylic acids is 2. The number of rotatable bonds is 12. The molecule has 37 heavy (non-hydrogen) atoms. The first-order valence-electron chi connectivity index (χ1n) is 11.6. The van der Waals surface area contributed by atoms with Crippen LogP contribution in [0.5, 0.6) is 17.2 Å². The van der Waals surface area contributed by atoms with E-state index in [1.807, 2.05) is 32.0 Å². The molecule has 0 spiro atoms. The molecule has 2 N–H and O–H groups in total. The van der Waals surface area contributed by atoms with Crippen molar-refractivity contribution >= 4 is 51.2 Å². The lowest BCUT2D eigenvalue weighted by atomic mass is 10.2. The van der Waals surface area contributed by atoms with Crippen LogP contribution in [0.3, 0.4) is 0 Å². The molecule has 0 saturated carbocycles. The van der Waals surface area contributed by atoms with Crippen molar-refractivity contribution in [2.45, 2.75) is 26.9 Å². The van der Waals surface area contributed by atoms with Gasteiger partial charge in [-0.25, -0.2) is 5.43 Å². The summed E-state index contributed by atoms with van der Waals surface area (Å²) in [4.78, 5) is 24.3. The zero-order chi connectivity index (χ0) is 26.6. The number of nitrogens with one attached hydrogen (secondary N) is 2. The molecule has 3 aromatic carbocycles. The Bertz CT molecular complexity index is 1250. The van der Waals surface area contributed by atoms with E-state index in [2.05, 4.69) is 31.8 Å². The van der Waals surface area contributed by atoms with Crippen LogP contribution < -0.4 is 25.0 Å². The summed E-state index contributed by atoms with van der Waals surface area (Å²) in [5, 5.41) is 7.23. The molecule has 0 aliphatic carbocycles. The van der Waals surface area contributed by atoms with Gasteiger partial charge in [-0.1, -0.05) is 29.8 Å². The Morgan fingerprint density at radius 1 is 0.973 bits per heavy atom. The first kappa shape index (κ1) is 28.0. The van der Waals surface area contributed by atoms with Crippen molar-refractivity contribution in [3.8, 4) is 17.2 Å². The molecule has 8 nitrogen and oxygen atoms in total. The maximum absolute atomic E-state index is 12.2. The lowest BCUT2D eigenvalue weighted by molar-refractivity contribution is -0.126. The maximum atomic E-state index is 12.2. The van der Waals surface area contributed by atoms with E-state index in [1.165, 1.54) is 6.21 Å². The summed E-state index contributed by atoms with van der Waals surface area (Å²) in [7, 11) is 0. The highest BCUT2D eigenvalue weighted by molar-refractivity contribution is 9.10. The molecule has 3 aromatic rings. The standard InChI is InChI=1S/C27H27BrClN3O5/c1-3-35-21-11-9-20(10-12-21)31-25(33)15-26(34)32-30-16-18-13-22(28)27(24(14-18)36-4-2)37-17-19-7-5-6-8-23(19)29/h5-14,16H,3-4,15,17H2,1-2H3,(H,31,33)(H,32,34). The van der Waals surface area contributed by atoms with Gasteiger partial charge in [-0.15, -0.1) is 0 Å². The molecule has 0 radical (unpaired) electrons. The van der Waals surface area contributed by atoms with Gasteiger partial charge in [0.2, 0.25) is 11.8 Å². The average Bonchev–Trinajstić information content (AvgIpc) is 2.86. The normalized spacial score (nSPS) is 10.7. The number of carbonyl (C=O) groups is 2. The van der Waals surface area contributed by atoms with E-state index in [9.17, 15) is 9.59 Å². The Labute approximate surface area is 229 Å². The van der Waals surface area contributed by atoms with E-state index in [1.54, 1.807) is 42.5 Å². The number of halogens is 2. The van der Waals surface area contributed by atoms with E-state index in [-0.39, 0.29) is 13.0 Å². The summed E-state index contributed by atoms with van der Waals surface area (Å²) < 4.78 is 17.7. The van der Waals surface area contributed by atoms with Crippen LogP contribution in [0.2, 0.25) is 5.02 Å². The number of hydrazone groups is 1. The highest BCUT2D eigenvalue weighted by atomic mass is 79.9. The molecular weight excluding hydrogens is 562 g/mol. The largest absolute Gasteiger partial charge is 0.494 e. The quantitative estimate of drug-likeness (QED) is 0.155. The number of amides is 2. The van der Waals surface area contributed by atoms with Gasteiger partial charge in [-0.3, -0.25) is 9.59 Å².